The molecule has 7 heteroatoms. The van der Waals surface area contributed by atoms with E-state index in [1.54, 1.807) is 11.8 Å². The van der Waals surface area contributed by atoms with Crippen molar-refractivity contribution in [1.82, 2.24) is 15.2 Å². The molecule has 1 atom stereocenters. The molecule has 1 fully saturated rings. The van der Waals surface area contributed by atoms with E-state index in [9.17, 15) is 9.59 Å². The van der Waals surface area contributed by atoms with Gasteiger partial charge in [-0.15, -0.1) is 0 Å². The summed E-state index contributed by atoms with van der Waals surface area (Å²) in [4.78, 5) is 29.8. The number of ether oxygens (including phenoxy) is 1. The molecule has 0 bridgehead atoms. The van der Waals surface area contributed by atoms with Gasteiger partial charge in [0.15, 0.2) is 0 Å². The first-order valence-electron chi connectivity index (χ1n) is 7.63. The molecule has 1 aromatic rings. The summed E-state index contributed by atoms with van der Waals surface area (Å²) in [6.45, 7) is 7.12. The van der Waals surface area contributed by atoms with E-state index in [1.807, 2.05) is 13.8 Å². The number of piperidine rings is 1. The highest BCUT2D eigenvalue weighted by Gasteiger charge is 2.29. The number of rotatable bonds is 4. The number of aromatic nitrogens is 1. The van der Waals surface area contributed by atoms with Crippen LogP contribution < -0.4 is 5.32 Å². The molecule has 0 spiro atoms. The van der Waals surface area contributed by atoms with Crippen LogP contribution in [0.25, 0.3) is 0 Å². The van der Waals surface area contributed by atoms with Crippen LogP contribution in [0.2, 0.25) is 0 Å². The smallest absolute Gasteiger partial charge is 0.409 e. The zero-order valence-corrected chi connectivity index (χ0v) is 13.3. The number of nitrogens with zero attached hydrogens (tertiary/aromatic N) is 2. The lowest BCUT2D eigenvalue weighted by atomic mass is 9.97. The number of carbonyl (C=O) groups excluding carboxylic acids is 2. The molecule has 1 aromatic heterocycles. The summed E-state index contributed by atoms with van der Waals surface area (Å²) >= 11 is 0. The van der Waals surface area contributed by atoms with Gasteiger partial charge in [0.2, 0.25) is 11.8 Å². The number of hydrogen-bond donors (Lipinski definition) is 1. The molecule has 1 unspecified atom stereocenters. The second-order valence-electron chi connectivity index (χ2n) is 5.45. The maximum absolute atomic E-state index is 12.2. The number of oxazole rings is 1. The van der Waals surface area contributed by atoms with E-state index in [-0.39, 0.29) is 24.5 Å². The third kappa shape index (κ3) is 3.99. The maximum Gasteiger partial charge on any atom is 0.409 e. The Labute approximate surface area is 130 Å². The fraction of sp³-hybridized carbons (Fsp3) is 0.667. The summed E-state index contributed by atoms with van der Waals surface area (Å²) in [5.41, 5.74) is 0.829. The minimum absolute atomic E-state index is 0.0810. The van der Waals surface area contributed by atoms with Crippen molar-refractivity contribution < 1.29 is 18.7 Å². The number of aryl methyl sites for hydroxylation is 2. The lowest BCUT2D eigenvalue weighted by Gasteiger charge is -2.31. The van der Waals surface area contributed by atoms with Gasteiger partial charge in [0.1, 0.15) is 5.76 Å². The minimum Gasteiger partial charge on any atom is -0.450 e. The van der Waals surface area contributed by atoms with Gasteiger partial charge in [0.25, 0.3) is 0 Å². The number of carbonyl (C=O) groups is 2. The van der Waals surface area contributed by atoms with E-state index in [0.717, 1.165) is 24.3 Å². The zero-order valence-electron chi connectivity index (χ0n) is 13.3. The number of amides is 2. The molecule has 0 aliphatic carbocycles. The fourth-order valence-electron chi connectivity index (χ4n) is 2.49. The molecule has 1 aliphatic rings. The van der Waals surface area contributed by atoms with Gasteiger partial charge in [0.05, 0.1) is 24.8 Å². The average Bonchev–Trinajstić information content (AvgIpc) is 2.84. The number of likely N-dealkylation sites (tertiary alicyclic amines) is 1. The first-order chi connectivity index (χ1) is 10.5. The van der Waals surface area contributed by atoms with Crippen molar-refractivity contribution in [2.24, 2.45) is 5.92 Å². The number of nitrogens with one attached hydrogen (secondary N) is 1. The summed E-state index contributed by atoms with van der Waals surface area (Å²) in [7, 11) is 0. The molecule has 2 heterocycles. The highest BCUT2D eigenvalue weighted by molar-refractivity contribution is 5.79. The van der Waals surface area contributed by atoms with Gasteiger partial charge in [-0.1, -0.05) is 0 Å². The van der Waals surface area contributed by atoms with Crippen LogP contribution in [0.4, 0.5) is 4.79 Å². The van der Waals surface area contributed by atoms with Crippen molar-refractivity contribution in [2.45, 2.75) is 40.2 Å². The molecule has 2 rings (SSSR count). The van der Waals surface area contributed by atoms with Crippen LogP contribution in [-0.2, 0) is 16.1 Å². The van der Waals surface area contributed by atoms with Gasteiger partial charge < -0.3 is 19.4 Å². The molecule has 2 amide bonds. The summed E-state index contributed by atoms with van der Waals surface area (Å²) in [6.07, 6.45) is 1.22. The highest BCUT2D eigenvalue weighted by atomic mass is 16.6. The van der Waals surface area contributed by atoms with Crippen LogP contribution in [0.5, 0.6) is 0 Å². The quantitative estimate of drug-likeness (QED) is 0.916. The van der Waals surface area contributed by atoms with Gasteiger partial charge in [0, 0.05) is 13.1 Å². The molecule has 1 N–H and O–H groups in total. The average molecular weight is 309 g/mol. The Balaban J connectivity index is 1.85. The molecule has 1 aliphatic heterocycles. The Morgan fingerprint density at radius 1 is 1.45 bits per heavy atom. The van der Waals surface area contributed by atoms with E-state index in [2.05, 4.69) is 10.3 Å². The maximum atomic E-state index is 12.2. The summed E-state index contributed by atoms with van der Waals surface area (Å²) < 4.78 is 10.4. The zero-order chi connectivity index (χ0) is 16.1. The Kier molecular flexibility index (Phi) is 5.41. The summed E-state index contributed by atoms with van der Waals surface area (Å²) in [6, 6.07) is 0. The van der Waals surface area contributed by atoms with E-state index in [0.29, 0.717) is 25.6 Å². The third-order valence-electron chi connectivity index (χ3n) is 3.80. The van der Waals surface area contributed by atoms with Gasteiger partial charge in [-0.05, 0) is 33.6 Å². The van der Waals surface area contributed by atoms with E-state index in [4.69, 9.17) is 9.15 Å². The van der Waals surface area contributed by atoms with Crippen LogP contribution in [0.3, 0.4) is 0 Å². The van der Waals surface area contributed by atoms with Crippen molar-refractivity contribution in [3.05, 3.63) is 17.3 Å². The van der Waals surface area contributed by atoms with Crippen LogP contribution in [0.15, 0.2) is 4.42 Å². The lowest BCUT2D eigenvalue weighted by Crippen LogP contribution is -2.45. The normalized spacial score (nSPS) is 18.1. The monoisotopic (exact) mass is 309 g/mol. The first-order valence-corrected chi connectivity index (χ1v) is 7.63. The van der Waals surface area contributed by atoms with Crippen molar-refractivity contribution in [3.63, 3.8) is 0 Å². The Morgan fingerprint density at radius 3 is 2.86 bits per heavy atom. The third-order valence-corrected chi connectivity index (χ3v) is 3.80. The Hall–Kier alpha value is -2.05. The Bertz CT molecular complexity index is 521. The molecule has 1 saturated heterocycles. The van der Waals surface area contributed by atoms with Crippen molar-refractivity contribution in [2.75, 3.05) is 19.7 Å². The van der Waals surface area contributed by atoms with Crippen LogP contribution >= 0.6 is 0 Å². The molecule has 122 valence electrons. The molecular weight excluding hydrogens is 286 g/mol. The van der Waals surface area contributed by atoms with E-state index in [1.165, 1.54) is 0 Å². The largest absolute Gasteiger partial charge is 0.450 e. The minimum atomic E-state index is -0.348. The SMILES string of the molecule is CCOC(=O)N1CCCC(C(=O)NCc2nc(C)c(C)o2)C1. The van der Waals surface area contributed by atoms with Crippen LogP contribution in [0, 0.1) is 19.8 Å². The second kappa shape index (κ2) is 7.29. The first kappa shape index (κ1) is 16.3. The second-order valence-corrected chi connectivity index (χ2v) is 5.45. The predicted octanol–water partition coefficient (Wildman–Crippen LogP) is 1.78. The predicted molar refractivity (Wildman–Crippen MR) is 79.1 cm³/mol. The summed E-state index contributed by atoms with van der Waals surface area (Å²) in [5, 5.41) is 2.83. The van der Waals surface area contributed by atoms with Gasteiger partial charge in [-0.3, -0.25) is 4.79 Å². The molecule has 0 aromatic carbocycles. The number of hydrogen-bond acceptors (Lipinski definition) is 5. The van der Waals surface area contributed by atoms with Crippen LogP contribution in [-0.4, -0.2) is 41.6 Å². The summed E-state index contributed by atoms with van der Waals surface area (Å²) in [5.74, 6) is 0.967. The Morgan fingerprint density at radius 2 is 2.23 bits per heavy atom. The van der Waals surface area contributed by atoms with Crippen molar-refractivity contribution in [3.8, 4) is 0 Å². The molecular formula is C15H23N3O4. The van der Waals surface area contributed by atoms with Crippen LogP contribution in [0.1, 0.15) is 37.1 Å². The molecule has 7 nitrogen and oxygen atoms in total. The molecule has 0 radical (unpaired) electrons. The lowest BCUT2D eigenvalue weighted by molar-refractivity contribution is -0.126. The highest BCUT2D eigenvalue weighted by Crippen LogP contribution is 2.18. The van der Waals surface area contributed by atoms with Gasteiger partial charge in [-0.2, -0.15) is 0 Å². The van der Waals surface area contributed by atoms with Gasteiger partial charge >= 0.3 is 6.09 Å². The van der Waals surface area contributed by atoms with E-state index >= 15 is 0 Å². The van der Waals surface area contributed by atoms with E-state index < -0.39 is 0 Å². The molecule has 0 saturated carbocycles. The van der Waals surface area contributed by atoms with Crippen molar-refractivity contribution in [1.29, 1.82) is 0 Å². The van der Waals surface area contributed by atoms with Gasteiger partial charge in [-0.25, -0.2) is 9.78 Å². The fourth-order valence-corrected chi connectivity index (χ4v) is 2.49. The standard InChI is InChI=1S/C15H23N3O4/c1-4-21-15(20)18-7-5-6-12(9-18)14(19)16-8-13-17-10(2)11(3)22-13/h12H,4-9H2,1-3H3,(H,16,19). The van der Waals surface area contributed by atoms with Crippen molar-refractivity contribution >= 4 is 12.0 Å². The molecule has 22 heavy (non-hydrogen) atoms. The topological polar surface area (TPSA) is 84.7 Å².